The molecule has 0 spiro atoms. The van der Waals surface area contributed by atoms with E-state index in [0.29, 0.717) is 21.4 Å². The fraction of sp³-hybridized carbons (Fsp3) is 0.0625. The maximum Gasteiger partial charge on any atom is 0.234 e. The summed E-state index contributed by atoms with van der Waals surface area (Å²) in [5.41, 5.74) is 2.95. The Morgan fingerprint density at radius 1 is 1.23 bits per heavy atom. The van der Waals surface area contributed by atoms with Crippen LogP contribution >= 0.6 is 35.1 Å². The highest BCUT2D eigenvalue weighted by molar-refractivity contribution is 7.99. The van der Waals surface area contributed by atoms with Crippen molar-refractivity contribution < 1.29 is 4.79 Å². The van der Waals surface area contributed by atoms with Crippen LogP contribution in [0, 0.1) is 0 Å². The van der Waals surface area contributed by atoms with Gasteiger partial charge in [-0.2, -0.15) is 8.75 Å². The third-order valence-electron chi connectivity index (χ3n) is 3.50. The molecule has 10 heteroatoms. The minimum absolute atomic E-state index is 0.156. The largest absolute Gasteiger partial charge is 0.323 e. The Morgan fingerprint density at radius 2 is 2.12 bits per heavy atom. The number of carbonyl (C=O) groups is 1. The average Bonchev–Trinajstić information content (AvgIpc) is 3.29. The van der Waals surface area contributed by atoms with Crippen LogP contribution in [-0.2, 0) is 4.79 Å². The van der Waals surface area contributed by atoms with Gasteiger partial charge in [0, 0.05) is 5.02 Å². The molecule has 1 N–H and O–H groups in total. The Kier molecular flexibility index (Phi) is 4.83. The second kappa shape index (κ2) is 7.40. The van der Waals surface area contributed by atoms with Crippen molar-refractivity contribution in [3.05, 3.63) is 53.8 Å². The van der Waals surface area contributed by atoms with Crippen LogP contribution in [0.1, 0.15) is 0 Å². The highest BCUT2D eigenvalue weighted by Gasteiger charge is 2.12. The summed E-state index contributed by atoms with van der Waals surface area (Å²) in [6.45, 7) is 0. The highest BCUT2D eigenvalue weighted by Crippen LogP contribution is 2.24. The summed E-state index contributed by atoms with van der Waals surface area (Å²) in [6.07, 6.45) is 1.59. The first kappa shape index (κ1) is 17.0. The molecule has 0 bridgehead atoms. The van der Waals surface area contributed by atoms with E-state index >= 15 is 0 Å². The van der Waals surface area contributed by atoms with Crippen molar-refractivity contribution in [2.45, 2.75) is 5.16 Å². The van der Waals surface area contributed by atoms with Gasteiger partial charge in [-0.05, 0) is 30.3 Å². The van der Waals surface area contributed by atoms with E-state index in [-0.39, 0.29) is 11.7 Å². The average molecular weight is 403 g/mol. The molecule has 0 aliphatic rings. The molecule has 0 atom stereocenters. The lowest BCUT2D eigenvalue weighted by molar-refractivity contribution is -0.113. The molecule has 0 aliphatic heterocycles. The quantitative estimate of drug-likeness (QED) is 0.513. The number of fused-ring (bicyclic) bond motifs is 1. The number of aromatic nitrogens is 5. The molecule has 0 fully saturated rings. The van der Waals surface area contributed by atoms with Crippen molar-refractivity contribution >= 4 is 57.7 Å². The van der Waals surface area contributed by atoms with E-state index < -0.39 is 0 Å². The summed E-state index contributed by atoms with van der Waals surface area (Å²) in [5.74, 6) is 0.0314. The Labute approximate surface area is 161 Å². The molecule has 0 saturated carbocycles. The molecule has 0 saturated heterocycles. The predicted octanol–water partition coefficient (Wildman–Crippen LogP) is 3.66. The topological polar surface area (TPSA) is 85.6 Å². The third kappa shape index (κ3) is 3.55. The van der Waals surface area contributed by atoms with E-state index in [2.05, 4.69) is 24.3 Å². The molecule has 130 valence electrons. The summed E-state index contributed by atoms with van der Waals surface area (Å²) >= 11 is 8.44. The number of rotatable bonds is 5. The standard InChI is InChI=1S/C16H11ClN6OS2/c17-10-3-1-4-11(7-10)23-9-18-20-16(23)25-8-14(24)19-12-5-2-6-13-15(12)22-26-21-13/h1-7,9H,8H2,(H,19,24). The fourth-order valence-corrected chi connectivity index (χ4v) is 3.81. The first-order valence-electron chi connectivity index (χ1n) is 7.50. The van der Waals surface area contributed by atoms with Gasteiger partial charge in [0.2, 0.25) is 5.91 Å². The second-order valence-corrected chi connectivity index (χ2v) is 7.15. The number of nitrogens with one attached hydrogen (secondary N) is 1. The minimum atomic E-state index is -0.156. The Bertz CT molecular complexity index is 1080. The lowest BCUT2D eigenvalue weighted by Crippen LogP contribution is -2.14. The summed E-state index contributed by atoms with van der Waals surface area (Å²) in [6, 6.07) is 12.9. The molecule has 2 aromatic carbocycles. The van der Waals surface area contributed by atoms with E-state index in [0.717, 1.165) is 22.9 Å². The molecular formula is C16H11ClN6OS2. The third-order valence-corrected chi connectivity index (χ3v) is 5.22. The molecule has 0 aliphatic carbocycles. The highest BCUT2D eigenvalue weighted by atomic mass is 35.5. The van der Waals surface area contributed by atoms with Crippen molar-refractivity contribution in [1.29, 1.82) is 0 Å². The van der Waals surface area contributed by atoms with Crippen LogP contribution in [0.2, 0.25) is 5.02 Å². The Hall–Kier alpha value is -2.49. The van der Waals surface area contributed by atoms with Crippen molar-refractivity contribution in [2.24, 2.45) is 0 Å². The van der Waals surface area contributed by atoms with E-state index in [9.17, 15) is 4.79 Å². The van der Waals surface area contributed by atoms with Gasteiger partial charge in [-0.25, -0.2) is 0 Å². The number of anilines is 1. The van der Waals surface area contributed by atoms with E-state index in [1.807, 2.05) is 30.3 Å². The van der Waals surface area contributed by atoms with Crippen LogP contribution in [0.5, 0.6) is 0 Å². The maximum absolute atomic E-state index is 12.3. The molecule has 2 aromatic heterocycles. The maximum atomic E-state index is 12.3. The number of amides is 1. The molecule has 0 radical (unpaired) electrons. The monoisotopic (exact) mass is 402 g/mol. The number of thioether (sulfide) groups is 1. The van der Waals surface area contributed by atoms with Gasteiger partial charge in [0.15, 0.2) is 5.16 Å². The van der Waals surface area contributed by atoms with Gasteiger partial charge < -0.3 is 5.32 Å². The zero-order chi connectivity index (χ0) is 17.9. The molecular weight excluding hydrogens is 392 g/mol. The first-order valence-corrected chi connectivity index (χ1v) is 9.60. The SMILES string of the molecule is O=C(CSc1nncn1-c1cccc(Cl)c1)Nc1cccc2nsnc12. The molecule has 1 amide bonds. The zero-order valence-corrected chi connectivity index (χ0v) is 15.6. The number of carbonyl (C=O) groups excluding carboxylic acids is 1. The van der Waals surface area contributed by atoms with Crippen molar-refractivity contribution in [3.8, 4) is 5.69 Å². The van der Waals surface area contributed by atoms with E-state index in [4.69, 9.17) is 11.6 Å². The minimum Gasteiger partial charge on any atom is -0.323 e. The summed E-state index contributed by atoms with van der Waals surface area (Å²) < 4.78 is 10.2. The summed E-state index contributed by atoms with van der Waals surface area (Å²) in [5, 5.41) is 12.1. The van der Waals surface area contributed by atoms with Gasteiger partial charge in [0.05, 0.1) is 28.9 Å². The number of hydrogen-bond acceptors (Lipinski definition) is 7. The Balaban J connectivity index is 1.46. The van der Waals surface area contributed by atoms with Crippen molar-refractivity contribution in [3.63, 3.8) is 0 Å². The molecule has 26 heavy (non-hydrogen) atoms. The molecule has 0 unspecified atom stereocenters. The van der Waals surface area contributed by atoms with Crippen LogP contribution < -0.4 is 5.32 Å². The molecule has 2 heterocycles. The van der Waals surface area contributed by atoms with Crippen LogP contribution in [-0.4, -0.2) is 35.2 Å². The van der Waals surface area contributed by atoms with Crippen molar-refractivity contribution in [2.75, 3.05) is 11.1 Å². The van der Waals surface area contributed by atoms with Crippen LogP contribution in [0.4, 0.5) is 5.69 Å². The summed E-state index contributed by atoms with van der Waals surface area (Å²) in [4.78, 5) is 12.3. The first-order chi connectivity index (χ1) is 12.7. The van der Waals surface area contributed by atoms with Gasteiger partial charge in [0.25, 0.3) is 0 Å². The van der Waals surface area contributed by atoms with E-state index in [1.54, 1.807) is 23.0 Å². The van der Waals surface area contributed by atoms with Crippen LogP contribution in [0.15, 0.2) is 53.9 Å². The van der Waals surface area contributed by atoms with Gasteiger partial charge in [-0.15, -0.1) is 10.2 Å². The molecule has 4 aromatic rings. The zero-order valence-electron chi connectivity index (χ0n) is 13.2. The predicted molar refractivity (Wildman–Crippen MR) is 103 cm³/mol. The van der Waals surface area contributed by atoms with Gasteiger partial charge >= 0.3 is 0 Å². The fourth-order valence-electron chi connectivity index (χ4n) is 2.35. The van der Waals surface area contributed by atoms with Gasteiger partial charge in [-0.3, -0.25) is 9.36 Å². The number of halogens is 1. The summed E-state index contributed by atoms with van der Waals surface area (Å²) in [7, 11) is 0. The molecule has 4 rings (SSSR count). The lowest BCUT2D eigenvalue weighted by Gasteiger charge is -2.07. The van der Waals surface area contributed by atoms with E-state index in [1.165, 1.54) is 11.8 Å². The number of nitrogens with zero attached hydrogens (tertiary/aromatic N) is 5. The van der Waals surface area contributed by atoms with Gasteiger partial charge in [-0.1, -0.05) is 35.5 Å². The Morgan fingerprint density at radius 3 is 3.00 bits per heavy atom. The smallest absolute Gasteiger partial charge is 0.234 e. The van der Waals surface area contributed by atoms with Crippen LogP contribution in [0.3, 0.4) is 0 Å². The molecule has 7 nitrogen and oxygen atoms in total. The normalized spacial score (nSPS) is 11.0. The van der Waals surface area contributed by atoms with Crippen molar-refractivity contribution in [1.82, 2.24) is 23.5 Å². The number of benzene rings is 2. The lowest BCUT2D eigenvalue weighted by atomic mass is 10.2. The van der Waals surface area contributed by atoms with Gasteiger partial charge in [0.1, 0.15) is 17.4 Å². The second-order valence-electron chi connectivity index (χ2n) is 5.24. The number of hydrogen-bond donors (Lipinski definition) is 1. The van der Waals surface area contributed by atoms with Crippen LogP contribution in [0.25, 0.3) is 16.7 Å².